The lowest BCUT2D eigenvalue weighted by Crippen LogP contribution is -2.25. The van der Waals surface area contributed by atoms with E-state index in [1.54, 1.807) is 48.5 Å². The van der Waals surface area contributed by atoms with Crippen LogP contribution in [0.2, 0.25) is 0 Å². The maximum Gasteiger partial charge on any atom is 0.166 e. The van der Waals surface area contributed by atoms with Gasteiger partial charge < -0.3 is 0 Å². The lowest BCUT2D eigenvalue weighted by Gasteiger charge is -2.38. The quantitative estimate of drug-likeness (QED) is 0.102. The summed E-state index contributed by atoms with van der Waals surface area (Å²) in [6.45, 7) is 6.00. The number of benzene rings is 3. The Morgan fingerprint density at radius 1 is 0.622 bits per heavy atom. The van der Waals surface area contributed by atoms with Crippen molar-refractivity contribution in [2.45, 2.75) is 116 Å². The zero-order valence-electron chi connectivity index (χ0n) is 27.0. The lowest BCUT2D eigenvalue weighted by molar-refractivity contribution is 0.156. The van der Waals surface area contributed by atoms with Crippen LogP contribution in [-0.4, -0.2) is 0 Å². The van der Waals surface area contributed by atoms with Crippen LogP contribution in [0.25, 0.3) is 22.3 Å². The molecule has 242 valence electrons. The Balaban J connectivity index is 1.20. The fourth-order valence-electron chi connectivity index (χ4n) is 8.06. The van der Waals surface area contributed by atoms with Gasteiger partial charge in [0.1, 0.15) is 0 Å². The average Bonchev–Trinajstić information content (AvgIpc) is 3.07. The molecule has 0 amide bonds. The second kappa shape index (κ2) is 16.1. The predicted molar refractivity (Wildman–Crippen MR) is 179 cm³/mol. The van der Waals surface area contributed by atoms with Crippen molar-refractivity contribution in [3.63, 3.8) is 0 Å². The number of unbranched alkanes of at least 4 members (excludes halogenated alkanes) is 4. The predicted octanol–water partition coefficient (Wildman–Crippen LogP) is 13.1. The Bertz CT molecular complexity index is 1390. The number of halogens is 4. The van der Waals surface area contributed by atoms with Crippen LogP contribution in [0.4, 0.5) is 17.6 Å². The molecule has 0 bridgehead atoms. The standard InChI is InChI=1S/C41H50F4/c1-3-5-7-8-9-11-34-24-25-35(39(43)38(34)42)32-20-22-33(23-21-32)37-27-26-36(40(44)41(37)45)31-18-16-30(17-19-31)29-14-12-28(13-15-29)10-6-4-2/h4,20-31H,2-3,5-19H2,1H3. The van der Waals surface area contributed by atoms with Gasteiger partial charge in [-0.1, -0.05) is 100 Å². The molecule has 3 aromatic carbocycles. The highest BCUT2D eigenvalue weighted by Crippen LogP contribution is 2.45. The maximum atomic E-state index is 15.5. The van der Waals surface area contributed by atoms with Crippen LogP contribution in [0.1, 0.15) is 120 Å². The Kier molecular flexibility index (Phi) is 12.0. The number of hydrogen-bond donors (Lipinski definition) is 0. The van der Waals surface area contributed by atoms with Crippen molar-refractivity contribution in [2.75, 3.05) is 0 Å². The first-order valence-corrected chi connectivity index (χ1v) is 17.6. The molecule has 2 saturated carbocycles. The van der Waals surface area contributed by atoms with E-state index in [9.17, 15) is 4.39 Å². The molecule has 0 N–H and O–H groups in total. The summed E-state index contributed by atoms with van der Waals surface area (Å²) in [5, 5.41) is 0. The van der Waals surface area contributed by atoms with E-state index < -0.39 is 23.3 Å². The van der Waals surface area contributed by atoms with Crippen LogP contribution in [0.5, 0.6) is 0 Å². The second-order valence-electron chi connectivity index (χ2n) is 13.7. The SMILES string of the molecule is C=CCCC1CCC(C2CCC(c3ccc(-c4ccc(-c5ccc(CCCCCCC)c(F)c5F)cc4)c(F)c3F)CC2)CC1. The normalized spacial score (nSPS) is 22.0. The van der Waals surface area contributed by atoms with Crippen molar-refractivity contribution in [3.05, 3.63) is 95.6 Å². The molecular formula is C41H50F4. The molecule has 0 unspecified atom stereocenters. The summed E-state index contributed by atoms with van der Waals surface area (Å²) < 4.78 is 60.8. The molecule has 0 spiro atoms. The molecule has 2 aliphatic rings. The summed E-state index contributed by atoms with van der Waals surface area (Å²) >= 11 is 0. The van der Waals surface area contributed by atoms with E-state index in [-0.39, 0.29) is 17.0 Å². The Morgan fingerprint density at radius 2 is 1.18 bits per heavy atom. The first-order valence-electron chi connectivity index (χ1n) is 17.6. The van der Waals surface area contributed by atoms with Gasteiger partial charge in [0.15, 0.2) is 23.3 Å². The molecule has 0 nitrogen and oxygen atoms in total. The smallest absolute Gasteiger partial charge is 0.166 e. The monoisotopic (exact) mass is 618 g/mol. The zero-order valence-corrected chi connectivity index (χ0v) is 27.0. The van der Waals surface area contributed by atoms with Gasteiger partial charge >= 0.3 is 0 Å². The summed E-state index contributed by atoms with van der Waals surface area (Å²) in [7, 11) is 0. The third-order valence-electron chi connectivity index (χ3n) is 10.9. The van der Waals surface area contributed by atoms with Crippen LogP contribution in [0, 0.1) is 41.0 Å². The minimum absolute atomic E-state index is 0.0493. The minimum Gasteiger partial charge on any atom is -0.203 e. The van der Waals surface area contributed by atoms with Crippen LogP contribution >= 0.6 is 0 Å². The highest BCUT2D eigenvalue weighted by molar-refractivity contribution is 5.71. The lowest BCUT2D eigenvalue weighted by atomic mass is 9.68. The largest absolute Gasteiger partial charge is 0.203 e. The molecule has 0 heterocycles. The topological polar surface area (TPSA) is 0 Å². The van der Waals surface area contributed by atoms with Gasteiger partial charge in [-0.2, -0.15) is 0 Å². The van der Waals surface area contributed by atoms with Crippen molar-refractivity contribution >= 4 is 0 Å². The van der Waals surface area contributed by atoms with E-state index >= 15 is 13.2 Å². The van der Waals surface area contributed by atoms with Crippen molar-refractivity contribution in [1.29, 1.82) is 0 Å². The molecule has 3 aromatic rings. The minimum atomic E-state index is -0.860. The average molecular weight is 619 g/mol. The van der Waals surface area contributed by atoms with E-state index in [0.717, 1.165) is 76.0 Å². The first kappa shape index (κ1) is 33.5. The second-order valence-corrected chi connectivity index (χ2v) is 13.7. The zero-order chi connectivity index (χ0) is 31.8. The summed E-state index contributed by atoms with van der Waals surface area (Å²) in [5.74, 6) is -0.862. The number of rotatable bonds is 13. The highest BCUT2D eigenvalue weighted by Gasteiger charge is 2.32. The summed E-state index contributed by atoms with van der Waals surface area (Å²) in [6, 6.07) is 13.3. The Labute approximate surface area is 268 Å². The van der Waals surface area contributed by atoms with E-state index in [4.69, 9.17) is 0 Å². The molecule has 0 saturated heterocycles. The van der Waals surface area contributed by atoms with Crippen LogP contribution in [0.3, 0.4) is 0 Å². The number of allylic oxidation sites excluding steroid dienone is 1. The van der Waals surface area contributed by atoms with Crippen molar-refractivity contribution < 1.29 is 17.6 Å². The van der Waals surface area contributed by atoms with E-state index in [0.29, 0.717) is 34.6 Å². The fraction of sp³-hybridized carbons (Fsp3) is 0.512. The summed E-state index contributed by atoms with van der Waals surface area (Å²) in [6.07, 6.45) is 19.4. The van der Waals surface area contributed by atoms with Crippen LogP contribution in [0.15, 0.2) is 61.2 Å². The van der Waals surface area contributed by atoms with E-state index in [1.807, 2.05) is 6.08 Å². The highest BCUT2D eigenvalue weighted by atomic mass is 19.2. The molecular weight excluding hydrogens is 568 g/mol. The molecule has 0 atom stereocenters. The van der Waals surface area contributed by atoms with Crippen molar-refractivity contribution in [2.24, 2.45) is 17.8 Å². The molecule has 45 heavy (non-hydrogen) atoms. The third-order valence-corrected chi connectivity index (χ3v) is 10.9. The van der Waals surface area contributed by atoms with Gasteiger partial charge in [-0.15, -0.1) is 6.58 Å². The molecule has 5 rings (SSSR count). The van der Waals surface area contributed by atoms with Gasteiger partial charge in [0.05, 0.1) is 0 Å². The number of hydrogen-bond acceptors (Lipinski definition) is 0. The Hall–Kier alpha value is -2.88. The molecule has 2 aliphatic carbocycles. The van der Waals surface area contributed by atoms with Crippen LogP contribution < -0.4 is 0 Å². The molecule has 0 aromatic heterocycles. The molecule has 0 aliphatic heterocycles. The van der Waals surface area contributed by atoms with Gasteiger partial charge in [0.25, 0.3) is 0 Å². The molecule has 2 fully saturated rings. The number of aryl methyl sites for hydroxylation is 1. The molecule has 4 heteroatoms. The van der Waals surface area contributed by atoms with Gasteiger partial charge in [-0.05, 0) is 110 Å². The van der Waals surface area contributed by atoms with Gasteiger partial charge in [0.2, 0.25) is 0 Å². The summed E-state index contributed by atoms with van der Waals surface area (Å²) in [4.78, 5) is 0. The molecule has 0 radical (unpaired) electrons. The van der Waals surface area contributed by atoms with Gasteiger partial charge in [-0.25, -0.2) is 17.6 Å². The van der Waals surface area contributed by atoms with E-state index in [1.165, 1.54) is 32.1 Å². The van der Waals surface area contributed by atoms with Crippen molar-refractivity contribution in [3.8, 4) is 22.3 Å². The maximum absolute atomic E-state index is 15.5. The Morgan fingerprint density at radius 3 is 1.78 bits per heavy atom. The van der Waals surface area contributed by atoms with Crippen LogP contribution in [-0.2, 0) is 6.42 Å². The van der Waals surface area contributed by atoms with Gasteiger partial charge in [0, 0.05) is 11.1 Å². The fourth-order valence-corrected chi connectivity index (χ4v) is 8.06. The van der Waals surface area contributed by atoms with Gasteiger partial charge in [-0.3, -0.25) is 0 Å². The van der Waals surface area contributed by atoms with E-state index in [2.05, 4.69) is 13.5 Å². The van der Waals surface area contributed by atoms with Crippen molar-refractivity contribution in [1.82, 2.24) is 0 Å². The summed E-state index contributed by atoms with van der Waals surface area (Å²) in [5.41, 5.74) is 2.27. The first-order chi connectivity index (χ1) is 21.9. The third kappa shape index (κ3) is 8.10.